The van der Waals surface area contributed by atoms with Gasteiger partial charge in [0.05, 0.1) is 29.9 Å². The SMILES string of the molecule is Cl.FC(F)(F)c1cc(COC2Cc3ccccc3NC2c2ccccc2)cc(C(F)(F)F)c1. The van der Waals surface area contributed by atoms with E-state index in [1.807, 2.05) is 54.6 Å². The van der Waals surface area contributed by atoms with Crippen LogP contribution in [0, 0.1) is 0 Å². The minimum atomic E-state index is -4.89. The van der Waals surface area contributed by atoms with Crippen molar-refractivity contribution >= 4 is 18.1 Å². The summed E-state index contributed by atoms with van der Waals surface area (Å²) in [6, 6.07) is 18.2. The minimum Gasteiger partial charge on any atom is -0.375 e. The fourth-order valence-electron chi connectivity index (χ4n) is 3.85. The highest BCUT2D eigenvalue weighted by Gasteiger charge is 2.37. The maximum absolute atomic E-state index is 13.2. The van der Waals surface area contributed by atoms with Crippen LogP contribution in [-0.4, -0.2) is 6.10 Å². The molecule has 2 atom stereocenters. The smallest absolute Gasteiger partial charge is 0.375 e. The lowest BCUT2D eigenvalue weighted by atomic mass is 9.90. The van der Waals surface area contributed by atoms with Gasteiger partial charge < -0.3 is 10.1 Å². The first-order valence-corrected chi connectivity index (χ1v) is 9.90. The van der Waals surface area contributed by atoms with Gasteiger partial charge >= 0.3 is 12.4 Å². The van der Waals surface area contributed by atoms with Crippen LogP contribution >= 0.6 is 12.4 Å². The molecule has 0 saturated heterocycles. The number of ether oxygens (including phenoxy) is 1. The van der Waals surface area contributed by atoms with Crippen LogP contribution in [0.4, 0.5) is 32.0 Å². The molecule has 1 aliphatic rings. The maximum Gasteiger partial charge on any atom is 0.416 e. The zero-order valence-electron chi connectivity index (χ0n) is 17.1. The monoisotopic (exact) mass is 487 g/mol. The Balaban J connectivity index is 0.00000306. The summed E-state index contributed by atoms with van der Waals surface area (Å²) in [4.78, 5) is 0. The highest BCUT2D eigenvalue weighted by atomic mass is 35.5. The second kappa shape index (κ2) is 9.65. The molecule has 1 N–H and O–H groups in total. The summed E-state index contributed by atoms with van der Waals surface area (Å²) >= 11 is 0. The molecule has 1 heterocycles. The summed E-state index contributed by atoms with van der Waals surface area (Å²) in [5.41, 5.74) is -0.0931. The van der Waals surface area contributed by atoms with Gasteiger partial charge in [0.1, 0.15) is 0 Å². The van der Waals surface area contributed by atoms with Crippen LogP contribution in [-0.2, 0) is 30.1 Å². The predicted octanol–water partition coefficient (Wildman–Crippen LogP) is 7.44. The van der Waals surface area contributed by atoms with Crippen molar-refractivity contribution in [2.24, 2.45) is 0 Å². The highest BCUT2D eigenvalue weighted by molar-refractivity contribution is 5.85. The predicted molar refractivity (Wildman–Crippen MR) is 115 cm³/mol. The van der Waals surface area contributed by atoms with E-state index in [9.17, 15) is 26.3 Å². The molecule has 4 rings (SSSR count). The van der Waals surface area contributed by atoms with E-state index in [0.717, 1.165) is 16.8 Å². The Morgan fingerprint density at radius 2 is 1.36 bits per heavy atom. The molecule has 0 saturated carbocycles. The Morgan fingerprint density at radius 1 is 0.788 bits per heavy atom. The molecule has 1 aliphatic heterocycles. The van der Waals surface area contributed by atoms with Gasteiger partial charge in [-0.05, 0) is 41.0 Å². The number of rotatable bonds is 4. The zero-order chi connectivity index (χ0) is 22.9. The Morgan fingerprint density at radius 3 is 1.97 bits per heavy atom. The molecule has 2 unspecified atom stereocenters. The molecule has 0 radical (unpaired) electrons. The van der Waals surface area contributed by atoms with E-state index in [0.29, 0.717) is 18.6 Å². The lowest BCUT2D eigenvalue weighted by molar-refractivity contribution is -0.143. The third-order valence-corrected chi connectivity index (χ3v) is 5.39. The van der Waals surface area contributed by atoms with Gasteiger partial charge in [0.25, 0.3) is 0 Å². The number of halogens is 7. The first-order valence-electron chi connectivity index (χ1n) is 9.90. The molecule has 0 spiro atoms. The molecular weight excluding hydrogens is 468 g/mol. The van der Waals surface area contributed by atoms with E-state index in [-0.39, 0.29) is 36.7 Å². The minimum absolute atomic E-state index is 0. The summed E-state index contributed by atoms with van der Waals surface area (Å²) in [6.07, 6.45) is -9.81. The standard InChI is InChI=1S/C24H19F6NO.ClH/c25-23(26,27)18-10-15(11-19(13-18)24(28,29)30)14-32-21-12-17-8-4-5-9-20(17)31-22(21)16-6-2-1-3-7-16;/h1-11,13,21-22,31H,12,14H2;1H. The molecule has 33 heavy (non-hydrogen) atoms. The first-order chi connectivity index (χ1) is 15.1. The van der Waals surface area contributed by atoms with E-state index in [1.54, 1.807) is 0 Å². The van der Waals surface area contributed by atoms with Crippen molar-refractivity contribution in [3.63, 3.8) is 0 Å². The molecule has 0 aromatic heterocycles. The van der Waals surface area contributed by atoms with Crippen LogP contribution in [0.3, 0.4) is 0 Å². The van der Waals surface area contributed by atoms with Gasteiger partial charge in [0.15, 0.2) is 0 Å². The normalized spacial score (nSPS) is 18.1. The number of hydrogen-bond donors (Lipinski definition) is 1. The van der Waals surface area contributed by atoms with Gasteiger partial charge in [0.2, 0.25) is 0 Å². The van der Waals surface area contributed by atoms with E-state index < -0.39 is 29.6 Å². The summed E-state index contributed by atoms with van der Waals surface area (Å²) in [7, 11) is 0. The van der Waals surface area contributed by atoms with E-state index in [1.165, 1.54) is 0 Å². The fourth-order valence-corrected chi connectivity index (χ4v) is 3.85. The van der Waals surface area contributed by atoms with Crippen LogP contribution in [0.2, 0.25) is 0 Å². The molecular formula is C24H20ClF6NO. The van der Waals surface area contributed by atoms with Crippen LogP contribution < -0.4 is 5.32 Å². The molecule has 3 aromatic carbocycles. The van der Waals surface area contributed by atoms with Gasteiger partial charge in [-0.2, -0.15) is 26.3 Å². The zero-order valence-corrected chi connectivity index (χ0v) is 17.9. The van der Waals surface area contributed by atoms with Crippen molar-refractivity contribution in [2.45, 2.75) is 37.5 Å². The number of alkyl halides is 6. The Labute approximate surface area is 193 Å². The van der Waals surface area contributed by atoms with E-state index in [2.05, 4.69) is 5.32 Å². The van der Waals surface area contributed by atoms with Crippen LogP contribution in [0.5, 0.6) is 0 Å². The molecule has 0 aliphatic carbocycles. The largest absolute Gasteiger partial charge is 0.416 e. The summed E-state index contributed by atoms with van der Waals surface area (Å²) in [5.74, 6) is 0. The quantitative estimate of drug-likeness (QED) is 0.386. The average molecular weight is 488 g/mol. The van der Waals surface area contributed by atoms with Crippen LogP contribution in [0.25, 0.3) is 0 Å². The average Bonchev–Trinajstić information content (AvgIpc) is 2.76. The Hall–Kier alpha value is -2.71. The number of fused-ring (bicyclic) bond motifs is 1. The van der Waals surface area contributed by atoms with Crippen LogP contribution in [0.15, 0.2) is 72.8 Å². The number of benzene rings is 3. The van der Waals surface area contributed by atoms with Gasteiger partial charge in [-0.25, -0.2) is 0 Å². The van der Waals surface area contributed by atoms with Gasteiger partial charge in [0, 0.05) is 12.1 Å². The number of nitrogens with one attached hydrogen (secondary N) is 1. The molecule has 0 bridgehead atoms. The van der Waals surface area contributed by atoms with Gasteiger partial charge in [-0.3, -0.25) is 0 Å². The second-order valence-corrected chi connectivity index (χ2v) is 7.66. The van der Waals surface area contributed by atoms with E-state index >= 15 is 0 Å². The summed E-state index contributed by atoms with van der Waals surface area (Å²) in [6.45, 7) is -0.384. The number of anilines is 1. The van der Waals surface area contributed by atoms with Crippen molar-refractivity contribution in [1.29, 1.82) is 0 Å². The molecule has 176 valence electrons. The Kier molecular flexibility index (Phi) is 7.29. The summed E-state index contributed by atoms with van der Waals surface area (Å²) in [5, 5.41) is 3.39. The number of para-hydroxylation sites is 1. The van der Waals surface area contributed by atoms with Gasteiger partial charge in [-0.1, -0.05) is 48.5 Å². The second-order valence-electron chi connectivity index (χ2n) is 7.66. The molecule has 0 fully saturated rings. The lowest BCUT2D eigenvalue weighted by Crippen LogP contribution is -2.34. The van der Waals surface area contributed by atoms with Crippen molar-refractivity contribution in [1.82, 2.24) is 0 Å². The lowest BCUT2D eigenvalue weighted by Gasteiger charge is -2.35. The highest BCUT2D eigenvalue weighted by Crippen LogP contribution is 2.38. The van der Waals surface area contributed by atoms with Crippen molar-refractivity contribution < 1.29 is 31.1 Å². The Bertz CT molecular complexity index is 1050. The van der Waals surface area contributed by atoms with E-state index in [4.69, 9.17) is 4.74 Å². The molecule has 0 amide bonds. The third-order valence-electron chi connectivity index (χ3n) is 5.39. The molecule has 2 nitrogen and oxygen atoms in total. The molecule has 3 aromatic rings. The first kappa shape index (κ1) is 24.9. The number of hydrogen-bond acceptors (Lipinski definition) is 2. The van der Waals surface area contributed by atoms with Crippen molar-refractivity contribution in [3.8, 4) is 0 Å². The summed E-state index contributed by atoms with van der Waals surface area (Å²) < 4.78 is 84.9. The topological polar surface area (TPSA) is 21.3 Å². The van der Waals surface area contributed by atoms with Crippen molar-refractivity contribution in [2.75, 3.05) is 5.32 Å². The fraction of sp³-hybridized carbons (Fsp3) is 0.250. The van der Waals surface area contributed by atoms with Crippen molar-refractivity contribution in [3.05, 3.63) is 101 Å². The maximum atomic E-state index is 13.2. The molecule has 9 heteroatoms. The van der Waals surface area contributed by atoms with Gasteiger partial charge in [-0.15, -0.1) is 12.4 Å². The third kappa shape index (κ3) is 5.81. The van der Waals surface area contributed by atoms with Crippen LogP contribution in [0.1, 0.15) is 33.9 Å².